The summed E-state index contributed by atoms with van der Waals surface area (Å²) in [6.07, 6.45) is 2.02. The zero-order valence-electron chi connectivity index (χ0n) is 19.4. The summed E-state index contributed by atoms with van der Waals surface area (Å²) in [6, 6.07) is 17.5. The van der Waals surface area contributed by atoms with Crippen LogP contribution < -0.4 is 16.4 Å². The Balaban J connectivity index is 1.97. The van der Waals surface area contributed by atoms with E-state index in [4.69, 9.17) is 11.1 Å². The van der Waals surface area contributed by atoms with Crippen molar-refractivity contribution in [2.75, 3.05) is 13.1 Å². The predicted octanol–water partition coefficient (Wildman–Crippen LogP) is 1.56. The molecule has 2 aromatic rings. The summed E-state index contributed by atoms with van der Waals surface area (Å²) in [5.74, 6) is -2.44. The number of aryl methyl sites for hydroxylation is 1. The number of carbonyl (C=O) groups is 2. The maximum atomic E-state index is 13.0. The Morgan fingerprint density at radius 2 is 1.63 bits per heavy atom. The van der Waals surface area contributed by atoms with Crippen molar-refractivity contribution in [3.63, 3.8) is 0 Å². The summed E-state index contributed by atoms with van der Waals surface area (Å²) in [7, 11) is 0. The van der Waals surface area contributed by atoms with Gasteiger partial charge in [-0.3, -0.25) is 10.2 Å². The van der Waals surface area contributed by atoms with Crippen molar-refractivity contribution < 1.29 is 19.7 Å². The minimum absolute atomic E-state index is 0.0473. The molecule has 11 nitrogen and oxygen atoms in total. The van der Waals surface area contributed by atoms with E-state index in [2.05, 4.69) is 10.6 Å². The van der Waals surface area contributed by atoms with Crippen molar-refractivity contribution in [3.05, 3.63) is 81.9 Å². The molecule has 1 amide bonds. The molecule has 6 N–H and O–H groups in total. The maximum absolute atomic E-state index is 13.0. The second-order valence-electron chi connectivity index (χ2n) is 8.07. The highest BCUT2D eigenvalue weighted by Gasteiger charge is 2.26. The summed E-state index contributed by atoms with van der Waals surface area (Å²) in [5, 5.41) is 33.1. The van der Waals surface area contributed by atoms with E-state index in [0.29, 0.717) is 18.0 Å². The molecule has 0 radical (unpaired) electrons. The lowest BCUT2D eigenvalue weighted by Gasteiger charge is -2.22. The highest BCUT2D eigenvalue weighted by atomic mass is 16.7. The van der Waals surface area contributed by atoms with Gasteiger partial charge in [-0.15, -0.1) is 0 Å². The molecule has 188 valence electrons. The van der Waals surface area contributed by atoms with E-state index in [9.17, 15) is 24.8 Å². The smallest absolute Gasteiger partial charge is 0.326 e. The van der Waals surface area contributed by atoms with Crippen LogP contribution in [0.2, 0.25) is 0 Å². The molecule has 0 aliphatic heterocycles. The molecule has 0 aliphatic carbocycles. The maximum Gasteiger partial charge on any atom is 0.326 e. The Morgan fingerprint density at radius 3 is 2.17 bits per heavy atom. The van der Waals surface area contributed by atoms with Crippen LogP contribution in [-0.4, -0.2) is 58.2 Å². The minimum Gasteiger partial charge on any atom is -0.480 e. The number of aliphatic carboxylic acids is 1. The van der Waals surface area contributed by atoms with Gasteiger partial charge in [-0.25, -0.2) is 14.9 Å². The minimum atomic E-state index is -1.24. The van der Waals surface area contributed by atoms with E-state index in [0.717, 1.165) is 18.4 Å². The summed E-state index contributed by atoms with van der Waals surface area (Å²) in [4.78, 5) is 35.7. The van der Waals surface area contributed by atoms with Crippen LogP contribution >= 0.6 is 0 Å². The number of nitrogens with two attached hydrogens (primary N) is 1. The number of hydrogen-bond donors (Lipinski definition) is 5. The quantitative estimate of drug-likeness (QED) is 0.0832. The molecule has 2 atom stereocenters. The third-order valence-electron chi connectivity index (χ3n) is 5.43. The number of nitrogens with one attached hydrogen (secondary N) is 3. The van der Waals surface area contributed by atoms with Crippen molar-refractivity contribution in [3.8, 4) is 0 Å². The molecule has 35 heavy (non-hydrogen) atoms. The van der Waals surface area contributed by atoms with Crippen LogP contribution in [-0.2, 0) is 22.4 Å². The lowest BCUT2D eigenvalue weighted by Crippen LogP contribution is -2.51. The SMILES string of the molecule is N=C(N)N(CCC[C@H](NC(=O)[C@@H](Cc1ccccc1)NCCCc1ccccc1)C(=O)O)[N+](=O)[O-]. The van der Waals surface area contributed by atoms with E-state index in [1.807, 2.05) is 60.7 Å². The van der Waals surface area contributed by atoms with Gasteiger partial charge in [0, 0.05) is 0 Å². The first kappa shape index (κ1) is 27.3. The van der Waals surface area contributed by atoms with Gasteiger partial charge in [0.05, 0.1) is 12.6 Å². The van der Waals surface area contributed by atoms with Gasteiger partial charge < -0.3 is 21.5 Å². The summed E-state index contributed by atoms with van der Waals surface area (Å²) < 4.78 is 0. The molecular formula is C24H32N6O5. The molecule has 0 aromatic heterocycles. The third-order valence-corrected chi connectivity index (χ3v) is 5.43. The normalized spacial score (nSPS) is 12.3. The number of nitrogens with zero attached hydrogens (tertiary/aromatic N) is 2. The monoisotopic (exact) mass is 484 g/mol. The molecule has 0 saturated heterocycles. The van der Waals surface area contributed by atoms with Crippen LogP contribution in [0.1, 0.15) is 30.4 Å². The zero-order valence-corrected chi connectivity index (χ0v) is 19.4. The van der Waals surface area contributed by atoms with Crippen LogP contribution in [0.3, 0.4) is 0 Å². The van der Waals surface area contributed by atoms with Crippen LogP contribution in [0.4, 0.5) is 0 Å². The first-order valence-electron chi connectivity index (χ1n) is 11.4. The lowest BCUT2D eigenvalue weighted by atomic mass is 10.0. The van der Waals surface area contributed by atoms with Crippen molar-refractivity contribution in [1.29, 1.82) is 5.41 Å². The van der Waals surface area contributed by atoms with E-state index in [1.54, 1.807) is 0 Å². The van der Waals surface area contributed by atoms with Crippen LogP contribution in [0.15, 0.2) is 60.7 Å². The number of hydrazine groups is 1. The number of nitro groups is 1. The van der Waals surface area contributed by atoms with Crippen LogP contribution in [0.25, 0.3) is 0 Å². The molecule has 2 aromatic carbocycles. The highest BCUT2D eigenvalue weighted by molar-refractivity contribution is 5.87. The predicted molar refractivity (Wildman–Crippen MR) is 131 cm³/mol. The van der Waals surface area contributed by atoms with Gasteiger partial charge in [-0.05, 0) is 49.8 Å². The molecule has 0 saturated carbocycles. The summed E-state index contributed by atoms with van der Waals surface area (Å²) in [6.45, 7) is 0.321. The second kappa shape index (κ2) is 14.3. The summed E-state index contributed by atoms with van der Waals surface area (Å²) >= 11 is 0. The Labute approximate surface area is 203 Å². The Hall–Kier alpha value is -3.99. The number of rotatable bonds is 15. The Kier molecular flexibility index (Phi) is 11.1. The largest absolute Gasteiger partial charge is 0.480 e. The molecule has 11 heteroatoms. The topological polar surface area (TPSA) is 175 Å². The lowest BCUT2D eigenvalue weighted by molar-refractivity contribution is -0.629. The van der Waals surface area contributed by atoms with Gasteiger partial charge in [-0.2, -0.15) is 0 Å². The standard InChI is InChI=1S/C24H32N6O5/c25-24(26)29(30(34)35)16-8-14-20(23(32)33)28-22(31)21(17-19-11-5-2-6-12-19)27-15-7-13-18-9-3-1-4-10-18/h1-6,9-12,20-21,27H,7-8,13-17H2,(H3,25,26)(H,28,31)(H,32,33)/t20-,21+/m0/s1. The zero-order chi connectivity index (χ0) is 25.6. The van der Waals surface area contributed by atoms with E-state index >= 15 is 0 Å². The fraction of sp³-hybridized carbons (Fsp3) is 0.375. The van der Waals surface area contributed by atoms with Gasteiger partial charge in [0.2, 0.25) is 5.91 Å². The Bertz CT molecular complexity index is 959. The molecular weight excluding hydrogens is 452 g/mol. The number of hydrogen-bond acceptors (Lipinski definition) is 6. The average Bonchev–Trinajstić information content (AvgIpc) is 2.83. The van der Waals surface area contributed by atoms with Gasteiger partial charge in [0.1, 0.15) is 6.04 Å². The number of carbonyl (C=O) groups excluding carboxylic acids is 1. The van der Waals surface area contributed by atoms with E-state index in [-0.39, 0.29) is 19.4 Å². The van der Waals surface area contributed by atoms with Gasteiger partial charge >= 0.3 is 5.97 Å². The van der Waals surface area contributed by atoms with Crippen molar-refractivity contribution >= 4 is 17.8 Å². The molecule has 2 rings (SSSR count). The van der Waals surface area contributed by atoms with E-state index < -0.39 is 35.0 Å². The molecule has 0 fully saturated rings. The number of carboxylic acid groups (broad SMARTS) is 1. The van der Waals surface area contributed by atoms with Crippen LogP contribution in [0, 0.1) is 15.5 Å². The fourth-order valence-electron chi connectivity index (χ4n) is 3.59. The van der Waals surface area contributed by atoms with Gasteiger partial charge in [0.25, 0.3) is 5.96 Å². The molecule has 0 unspecified atom stereocenters. The molecule has 0 spiro atoms. The first-order valence-corrected chi connectivity index (χ1v) is 11.4. The second-order valence-corrected chi connectivity index (χ2v) is 8.07. The number of benzene rings is 2. The highest BCUT2D eigenvalue weighted by Crippen LogP contribution is 2.07. The van der Waals surface area contributed by atoms with Gasteiger partial charge in [0.15, 0.2) is 5.03 Å². The molecule has 0 aliphatic rings. The number of guanidine groups is 1. The first-order chi connectivity index (χ1) is 16.8. The Morgan fingerprint density at radius 1 is 1.03 bits per heavy atom. The molecule has 0 bridgehead atoms. The van der Waals surface area contributed by atoms with Crippen molar-refractivity contribution in [1.82, 2.24) is 15.6 Å². The third kappa shape index (κ3) is 9.80. The van der Waals surface area contributed by atoms with Crippen LogP contribution in [0.5, 0.6) is 0 Å². The fourth-order valence-corrected chi connectivity index (χ4v) is 3.59. The van der Waals surface area contributed by atoms with Gasteiger partial charge in [-0.1, -0.05) is 65.7 Å². The number of carboxylic acids is 1. The number of amides is 1. The van der Waals surface area contributed by atoms with Crippen molar-refractivity contribution in [2.45, 2.75) is 44.2 Å². The van der Waals surface area contributed by atoms with E-state index in [1.165, 1.54) is 5.56 Å². The van der Waals surface area contributed by atoms with Crippen molar-refractivity contribution in [2.24, 2.45) is 5.73 Å². The summed E-state index contributed by atoms with van der Waals surface area (Å²) in [5.41, 5.74) is 7.30. The molecule has 0 heterocycles. The average molecular weight is 485 g/mol.